The summed E-state index contributed by atoms with van der Waals surface area (Å²) in [5.74, 6) is 4.13. The van der Waals surface area contributed by atoms with E-state index in [1.54, 1.807) is 24.3 Å². The van der Waals surface area contributed by atoms with Gasteiger partial charge in [-0.2, -0.15) is 0 Å². The summed E-state index contributed by atoms with van der Waals surface area (Å²) in [5, 5.41) is 5.39. The summed E-state index contributed by atoms with van der Waals surface area (Å²) in [4.78, 5) is 32.1. The van der Waals surface area contributed by atoms with Crippen LogP contribution in [0.15, 0.2) is 54.9 Å². The third-order valence-electron chi connectivity index (χ3n) is 4.55. The van der Waals surface area contributed by atoms with Crippen LogP contribution < -0.4 is 15.4 Å². The molecule has 166 valence electrons. The number of aromatic nitrogens is 2. The van der Waals surface area contributed by atoms with Crippen LogP contribution in [-0.4, -0.2) is 28.1 Å². The lowest BCUT2D eigenvalue weighted by Crippen LogP contribution is -2.20. The first kappa shape index (κ1) is 21.8. The van der Waals surface area contributed by atoms with Crippen LogP contribution in [0.5, 0.6) is 5.75 Å². The number of nitrogens with zero attached hydrogens (tertiary/aromatic N) is 2. The van der Waals surface area contributed by atoms with Crippen molar-refractivity contribution in [3.8, 4) is 17.6 Å². The fourth-order valence-corrected chi connectivity index (χ4v) is 3.15. The minimum atomic E-state index is -4.94. The Hall–Kier alpha value is -4.39. The van der Waals surface area contributed by atoms with E-state index in [1.807, 2.05) is 0 Å². The lowest BCUT2D eigenvalue weighted by molar-refractivity contribution is -0.274. The highest BCUT2D eigenvalue weighted by molar-refractivity contribution is 6.05. The molecule has 3 aromatic rings. The first-order valence-electron chi connectivity index (χ1n) is 9.69. The van der Waals surface area contributed by atoms with Crippen molar-refractivity contribution in [3.05, 3.63) is 77.4 Å². The molecule has 0 saturated heterocycles. The number of alkyl halides is 3. The van der Waals surface area contributed by atoms with E-state index in [0.29, 0.717) is 24.2 Å². The summed E-state index contributed by atoms with van der Waals surface area (Å²) in [6.07, 6.45) is -1.15. The quantitative estimate of drug-likeness (QED) is 0.588. The maximum Gasteiger partial charge on any atom is 0.573 e. The normalized spacial score (nSPS) is 12.6. The molecule has 10 heteroatoms. The third kappa shape index (κ3) is 5.86. The first-order chi connectivity index (χ1) is 15.7. The van der Waals surface area contributed by atoms with E-state index in [1.165, 1.54) is 18.5 Å². The van der Waals surface area contributed by atoms with Gasteiger partial charge in [-0.05, 0) is 60.4 Å². The molecule has 2 N–H and O–H groups in total. The lowest BCUT2D eigenvalue weighted by Gasteiger charge is -2.18. The molecule has 7 nitrogen and oxygen atoms in total. The van der Waals surface area contributed by atoms with Crippen molar-refractivity contribution < 1.29 is 27.5 Å². The molecule has 4 rings (SSSR count). The molecular weight excluding hydrogens is 437 g/mol. The fraction of sp³-hybridized carbons (Fsp3) is 0.130. The minimum Gasteiger partial charge on any atom is -0.406 e. The molecule has 2 amide bonds. The number of hydrogen-bond acceptors (Lipinski definition) is 5. The first-order valence-corrected chi connectivity index (χ1v) is 9.69. The van der Waals surface area contributed by atoms with Gasteiger partial charge in [0.15, 0.2) is 0 Å². The summed E-state index contributed by atoms with van der Waals surface area (Å²) >= 11 is 0. The standard InChI is InChI=1S/C23H15F3N4O3/c24-23(25,26)33-18-11-14(2-6-20-27-8-1-9-28-20)10-16(13-18)22(32)29-17-4-5-19-15(12-17)3-7-21(31)30-19/h1,4-5,8-13H,3,7H2,(H,29,32)(H,30,31). The predicted octanol–water partition coefficient (Wildman–Crippen LogP) is 3.91. The van der Waals surface area contributed by atoms with Gasteiger partial charge in [0.05, 0.1) is 0 Å². The number of fused-ring (bicyclic) bond motifs is 1. The molecule has 0 aliphatic carbocycles. The summed E-state index contributed by atoms with van der Waals surface area (Å²) in [5.41, 5.74) is 1.97. The second-order valence-corrected chi connectivity index (χ2v) is 6.99. The van der Waals surface area contributed by atoms with Crippen molar-refractivity contribution in [1.82, 2.24) is 9.97 Å². The SMILES string of the molecule is O=C1CCc2cc(NC(=O)c3cc(C#Cc4ncccn4)cc(OC(F)(F)F)c3)ccc2N1. The molecule has 0 radical (unpaired) electrons. The Morgan fingerprint density at radius 1 is 1.06 bits per heavy atom. The average molecular weight is 452 g/mol. The van der Waals surface area contributed by atoms with E-state index in [-0.39, 0.29) is 22.9 Å². The number of carbonyl (C=O) groups is 2. The van der Waals surface area contributed by atoms with Crippen molar-refractivity contribution >= 4 is 23.2 Å². The zero-order valence-corrected chi connectivity index (χ0v) is 16.9. The molecule has 0 fully saturated rings. The van der Waals surface area contributed by atoms with Crippen LogP contribution in [0.2, 0.25) is 0 Å². The molecule has 2 heterocycles. The van der Waals surface area contributed by atoms with Gasteiger partial charge in [0.2, 0.25) is 11.7 Å². The van der Waals surface area contributed by atoms with Gasteiger partial charge in [-0.1, -0.05) is 5.92 Å². The Morgan fingerprint density at radius 3 is 2.61 bits per heavy atom. The number of halogens is 3. The number of amides is 2. The average Bonchev–Trinajstić information content (AvgIpc) is 2.77. The molecule has 0 bridgehead atoms. The Bertz CT molecular complexity index is 1280. The van der Waals surface area contributed by atoms with Crippen LogP contribution in [0.1, 0.15) is 33.7 Å². The summed E-state index contributed by atoms with van der Waals surface area (Å²) in [7, 11) is 0. The van der Waals surface area contributed by atoms with Crippen LogP contribution in [0.3, 0.4) is 0 Å². The third-order valence-corrected chi connectivity index (χ3v) is 4.55. The Morgan fingerprint density at radius 2 is 1.85 bits per heavy atom. The van der Waals surface area contributed by atoms with Crippen LogP contribution in [0.4, 0.5) is 24.5 Å². The van der Waals surface area contributed by atoms with Gasteiger partial charge in [-0.3, -0.25) is 9.59 Å². The molecule has 0 saturated carbocycles. The fourth-order valence-electron chi connectivity index (χ4n) is 3.15. The maximum atomic E-state index is 12.8. The number of benzene rings is 2. The highest BCUT2D eigenvalue weighted by Crippen LogP contribution is 2.28. The topological polar surface area (TPSA) is 93.2 Å². The van der Waals surface area contributed by atoms with Crippen LogP contribution >= 0.6 is 0 Å². The smallest absolute Gasteiger partial charge is 0.406 e. The van der Waals surface area contributed by atoms with Crippen molar-refractivity contribution in [2.75, 3.05) is 10.6 Å². The van der Waals surface area contributed by atoms with Crippen LogP contribution in [0.25, 0.3) is 0 Å². The predicted molar refractivity (Wildman–Crippen MR) is 112 cm³/mol. The molecule has 1 aromatic heterocycles. The maximum absolute atomic E-state index is 12.8. The number of rotatable bonds is 3. The van der Waals surface area contributed by atoms with E-state index in [9.17, 15) is 22.8 Å². The Labute approximate surface area is 186 Å². The number of hydrogen-bond donors (Lipinski definition) is 2. The van der Waals surface area contributed by atoms with E-state index >= 15 is 0 Å². The number of anilines is 2. The van der Waals surface area contributed by atoms with Crippen LogP contribution in [-0.2, 0) is 11.2 Å². The van der Waals surface area contributed by atoms with Gasteiger partial charge in [0.25, 0.3) is 5.91 Å². The zero-order valence-electron chi connectivity index (χ0n) is 16.9. The molecule has 33 heavy (non-hydrogen) atoms. The van der Waals surface area contributed by atoms with Crippen molar-refractivity contribution in [1.29, 1.82) is 0 Å². The van der Waals surface area contributed by atoms with Gasteiger partial charge >= 0.3 is 6.36 Å². The molecule has 0 spiro atoms. The largest absolute Gasteiger partial charge is 0.573 e. The van der Waals surface area contributed by atoms with Gasteiger partial charge in [0, 0.05) is 41.3 Å². The zero-order chi connectivity index (χ0) is 23.4. The van der Waals surface area contributed by atoms with Gasteiger partial charge in [0.1, 0.15) is 5.75 Å². The molecule has 1 aliphatic heterocycles. The minimum absolute atomic E-state index is 0.0824. The number of carbonyl (C=O) groups excluding carboxylic acids is 2. The second-order valence-electron chi connectivity index (χ2n) is 6.99. The van der Waals surface area contributed by atoms with E-state index < -0.39 is 18.0 Å². The van der Waals surface area contributed by atoms with Crippen molar-refractivity contribution in [3.63, 3.8) is 0 Å². The van der Waals surface area contributed by atoms with E-state index in [0.717, 1.165) is 17.7 Å². The Kier molecular flexibility index (Phi) is 5.95. The summed E-state index contributed by atoms with van der Waals surface area (Å²) in [6.45, 7) is 0. The van der Waals surface area contributed by atoms with Gasteiger partial charge in [-0.25, -0.2) is 9.97 Å². The second kappa shape index (κ2) is 9.00. The van der Waals surface area contributed by atoms with Gasteiger partial charge in [-0.15, -0.1) is 13.2 Å². The Balaban J connectivity index is 1.61. The van der Waals surface area contributed by atoms with Crippen molar-refractivity contribution in [2.45, 2.75) is 19.2 Å². The molecular formula is C23H15F3N4O3. The molecule has 0 atom stereocenters. The monoisotopic (exact) mass is 452 g/mol. The lowest BCUT2D eigenvalue weighted by atomic mass is 10.0. The van der Waals surface area contributed by atoms with E-state index in [4.69, 9.17) is 0 Å². The highest BCUT2D eigenvalue weighted by atomic mass is 19.4. The number of aryl methyl sites for hydroxylation is 1. The summed E-state index contributed by atoms with van der Waals surface area (Å²) in [6, 6.07) is 9.94. The van der Waals surface area contributed by atoms with Crippen LogP contribution in [0, 0.1) is 11.8 Å². The highest BCUT2D eigenvalue weighted by Gasteiger charge is 2.31. The van der Waals surface area contributed by atoms with Gasteiger partial charge < -0.3 is 15.4 Å². The van der Waals surface area contributed by atoms with Crippen molar-refractivity contribution in [2.24, 2.45) is 0 Å². The molecule has 0 unspecified atom stereocenters. The molecule has 2 aromatic carbocycles. The number of ether oxygens (including phenoxy) is 1. The number of nitrogens with one attached hydrogen (secondary N) is 2. The summed E-state index contributed by atoms with van der Waals surface area (Å²) < 4.78 is 42.3. The molecule has 1 aliphatic rings. The van der Waals surface area contributed by atoms with E-state index in [2.05, 4.69) is 37.2 Å².